The van der Waals surface area contributed by atoms with Gasteiger partial charge in [0.25, 0.3) is 0 Å². The minimum atomic E-state index is -0.487. The molecule has 2 aromatic rings. The lowest BCUT2D eigenvalue weighted by molar-refractivity contribution is -0.126. The van der Waals surface area contributed by atoms with E-state index in [1.54, 1.807) is 12.0 Å². The fourth-order valence-electron chi connectivity index (χ4n) is 2.85. The number of nitrogens with zero attached hydrogens (tertiary/aromatic N) is 1. The molecule has 1 saturated heterocycles. The van der Waals surface area contributed by atoms with E-state index >= 15 is 0 Å². The van der Waals surface area contributed by atoms with Crippen LogP contribution in [0.4, 0.5) is 5.69 Å². The molecule has 1 fully saturated rings. The molecular weight excluding hydrogens is 276 g/mol. The topological polar surface area (TPSA) is 55.6 Å². The monoisotopic (exact) mass is 296 g/mol. The first-order valence-electron chi connectivity index (χ1n) is 7.47. The maximum atomic E-state index is 12.2. The molecular formula is C18H20N2O2. The Morgan fingerprint density at radius 1 is 1.09 bits per heavy atom. The van der Waals surface area contributed by atoms with Crippen molar-refractivity contribution in [2.45, 2.75) is 25.4 Å². The molecule has 2 atom stereocenters. The minimum Gasteiger partial charge on any atom is -0.497 e. The number of ether oxygens (including phenoxy) is 1. The number of β-lactam (4-membered cyclic amide) rings is 1. The number of amides is 1. The van der Waals surface area contributed by atoms with E-state index in [1.807, 2.05) is 36.4 Å². The highest BCUT2D eigenvalue weighted by Crippen LogP contribution is 2.38. The van der Waals surface area contributed by atoms with Crippen LogP contribution >= 0.6 is 0 Å². The number of aryl methyl sites for hydroxylation is 1. The van der Waals surface area contributed by atoms with Crippen molar-refractivity contribution in [2.75, 3.05) is 12.0 Å². The Balaban J connectivity index is 1.89. The van der Waals surface area contributed by atoms with Crippen molar-refractivity contribution in [1.29, 1.82) is 0 Å². The van der Waals surface area contributed by atoms with Crippen molar-refractivity contribution < 1.29 is 9.53 Å². The molecule has 22 heavy (non-hydrogen) atoms. The van der Waals surface area contributed by atoms with Crippen molar-refractivity contribution in [3.63, 3.8) is 0 Å². The van der Waals surface area contributed by atoms with Gasteiger partial charge in [0, 0.05) is 5.69 Å². The summed E-state index contributed by atoms with van der Waals surface area (Å²) >= 11 is 0. The third-order valence-electron chi connectivity index (χ3n) is 4.22. The summed E-state index contributed by atoms with van der Waals surface area (Å²) in [5.74, 6) is 0.756. The molecule has 0 saturated carbocycles. The summed E-state index contributed by atoms with van der Waals surface area (Å²) in [7, 11) is 1.63. The fraction of sp³-hybridized carbons (Fsp3) is 0.278. The van der Waals surface area contributed by atoms with Crippen LogP contribution < -0.4 is 15.4 Å². The number of carbonyl (C=O) groups excluding carboxylic acids is 1. The largest absolute Gasteiger partial charge is 0.497 e. The van der Waals surface area contributed by atoms with Gasteiger partial charge in [0.2, 0.25) is 5.91 Å². The van der Waals surface area contributed by atoms with E-state index in [0.29, 0.717) is 0 Å². The lowest BCUT2D eigenvalue weighted by Gasteiger charge is -2.45. The van der Waals surface area contributed by atoms with E-state index in [2.05, 4.69) is 19.1 Å². The van der Waals surface area contributed by atoms with Crippen molar-refractivity contribution in [2.24, 2.45) is 5.73 Å². The molecule has 0 radical (unpaired) electrons. The van der Waals surface area contributed by atoms with Gasteiger partial charge in [-0.3, -0.25) is 4.79 Å². The van der Waals surface area contributed by atoms with Crippen LogP contribution in [0.15, 0.2) is 48.5 Å². The molecule has 2 aromatic carbocycles. The molecule has 1 aliphatic rings. The molecule has 0 bridgehead atoms. The number of nitrogens with two attached hydrogens (primary N) is 1. The second-order valence-electron chi connectivity index (χ2n) is 5.47. The van der Waals surface area contributed by atoms with Crippen molar-refractivity contribution in [1.82, 2.24) is 0 Å². The average molecular weight is 296 g/mol. The molecule has 3 rings (SSSR count). The van der Waals surface area contributed by atoms with E-state index in [9.17, 15) is 4.79 Å². The van der Waals surface area contributed by atoms with Gasteiger partial charge in [0.15, 0.2) is 0 Å². The van der Waals surface area contributed by atoms with E-state index in [-0.39, 0.29) is 11.9 Å². The maximum Gasteiger partial charge on any atom is 0.247 e. The smallest absolute Gasteiger partial charge is 0.247 e. The van der Waals surface area contributed by atoms with E-state index in [0.717, 1.165) is 23.4 Å². The van der Waals surface area contributed by atoms with Crippen LogP contribution in [0.1, 0.15) is 24.1 Å². The summed E-state index contributed by atoms with van der Waals surface area (Å²) in [6, 6.07) is 15.2. The van der Waals surface area contributed by atoms with Gasteiger partial charge >= 0.3 is 0 Å². The Labute approximate surface area is 130 Å². The molecule has 0 unspecified atom stereocenters. The molecule has 0 aliphatic carbocycles. The molecule has 0 spiro atoms. The first-order valence-corrected chi connectivity index (χ1v) is 7.47. The van der Waals surface area contributed by atoms with E-state index in [4.69, 9.17) is 10.5 Å². The maximum absolute atomic E-state index is 12.2. The molecule has 1 amide bonds. The van der Waals surface area contributed by atoms with Gasteiger partial charge in [0.1, 0.15) is 11.8 Å². The molecule has 1 heterocycles. The van der Waals surface area contributed by atoms with Crippen LogP contribution in [-0.2, 0) is 11.2 Å². The van der Waals surface area contributed by atoms with Crippen molar-refractivity contribution in [3.8, 4) is 5.75 Å². The molecule has 4 heteroatoms. The van der Waals surface area contributed by atoms with Crippen LogP contribution in [0.5, 0.6) is 5.75 Å². The quantitative estimate of drug-likeness (QED) is 0.883. The molecule has 114 valence electrons. The van der Waals surface area contributed by atoms with Crippen LogP contribution in [0, 0.1) is 0 Å². The lowest BCUT2D eigenvalue weighted by Crippen LogP contribution is -2.63. The zero-order valence-corrected chi connectivity index (χ0v) is 12.8. The number of carbonyl (C=O) groups is 1. The third kappa shape index (κ3) is 2.35. The van der Waals surface area contributed by atoms with Gasteiger partial charge in [-0.1, -0.05) is 31.2 Å². The first kappa shape index (κ1) is 14.6. The molecule has 4 nitrogen and oxygen atoms in total. The SMILES string of the molecule is CCc1ccc(N2C(=O)[C@@H](N)[C@H]2c2ccc(OC)cc2)cc1. The highest BCUT2D eigenvalue weighted by molar-refractivity contribution is 6.05. The second kappa shape index (κ2) is 5.81. The van der Waals surface area contributed by atoms with Gasteiger partial charge in [-0.2, -0.15) is 0 Å². The van der Waals surface area contributed by atoms with Gasteiger partial charge in [-0.05, 0) is 41.8 Å². The van der Waals surface area contributed by atoms with Crippen molar-refractivity contribution in [3.05, 3.63) is 59.7 Å². The summed E-state index contributed by atoms with van der Waals surface area (Å²) in [4.78, 5) is 14.0. The van der Waals surface area contributed by atoms with E-state index < -0.39 is 6.04 Å². The number of methoxy groups -OCH3 is 1. The number of benzene rings is 2. The summed E-state index contributed by atoms with van der Waals surface area (Å²) < 4.78 is 5.17. The number of anilines is 1. The van der Waals surface area contributed by atoms with Crippen molar-refractivity contribution >= 4 is 11.6 Å². The zero-order chi connectivity index (χ0) is 15.7. The predicted molar refractivity (Wildman–Crippen MR) is 87.0 cm³/mol. The standard InChI is InChI=1S/C18H20N2O2/c1-3-12-4-8-14(9-5-12)20-17(16(19)18(20)21)13-6-10-15(22-2)11-7-13/h4-11,16-17H,3,19H2,1-2H3/t16-,17+/m0/s1. The van der Waals surface area contributed by atoms with Gasteiger partial charge in [-0.25, -0.2) is 0 Å². The van der Waals surface area contributed by atoms with Gasteiger partial charge in [0.05, 0.1) is 13.2 Å². The number of hydrogen-bond acceptors (Lipinski definition) is 3. The lowest BCUT2D eigenvalue weighted by atomic mass is 9.88. The highest BCUT2D eigenvalue weighted by Gasteiger charge is 2.46. The summed E-state index contributed by atoms with van der Waals surface area (Å²) in [5.41, 5.74) is 9.20. The first-order chi connectivity index (χ1) is 10.7. The Hall–Kier alpha value is -2.33. The summed E-state index contributed by atoms with van der Waals surface area (Å²) in [6.07, 6.45) is 0.982. The average Bonchev–Trinajstić information content (AvgIpc) is 2.59. The molecule has 1 aliphatic heterocycles. The van der Waals surface area contributed by atoms with Gasteiger partial charge < -0.3 is 15.4 Å². The minimum absolute atomic E-state index is 0.0370. The van der Waals surface area contributed by atoms with Crippen LogP contribution in [0.2, 0.25) is 0 Å². The Morgan fingerprint density at radius 2 is 1.73 bits per heavy atom. The summed E-state index contributed by atoms with van der Waals surface area (Å²) in [5, 5.41) is 0. The Morgan fingerprint density at radius 3 is 2.27 bits per heavy atom. The zero-order valence-electron chi connectivity index (χ0n) is 12.8. The highest BCUT2D eigenvalue weighted by atomic mass is 16.5. The van der Waals surface area contributed by atoms with Crippen LogP contribution in [0.25, 0.3) is 0 Å². The number of hydrogen-bond donors (Lipinski definition) is 1. The Kier molecular flexibility index (Phi) is 3.86. The van der Waals surface area contributed by atoms with Crippen LogP contribution in [-0.4, -0.2) is 19.1 Å². The second-order valence-corrected chi connectivity index (χ2v) is 5.47. The fourth-order valence-corrected chi connectivity index (χ4v) is 2.85. The molecule has 2 N–H and O–H groups in total. The normalized spacial score (nSPS) is 20.7. The third-order valence-corrected chi connectivity index (χ3v) is 4.22. The number of rotatable bonds is 4. The Bertz CT molecular complexity index is 664. The van der Waals surface area contributed by atoms with Gasteiger partial charge in [-0.15, -0.1) is 0 Å². The molecule has 0 aromatic heterocycles. The summed E-state index contributed by atoms with van der Waals surface area (Å²) in [6.45, 7) is 2.11. The van der Waals surface area contributed by atoms with Crippen LogP contribution in [0.3, 0.4) is 0 Å². The van der Waals surface area contributed by atoms with E-state index in [1.165, 1.54) is 5.56 Å². The predicted octanol–water partition coefficient (Wildman–Crippen LogP) is 2.67.